The van der Waals surface area contributed by atoms with E-state index in [1.54, 1.807) is 0 Å². The SMILES string of the molecule is CCc1ccc(CCOc2cccc(COC(=O)CN)c2)nc1. The minimum Gasteiger partial charge on any atom is -0.493 e. The number of pyridine rings is 1. The molecule has 0 saturated carbocycles. The van der Waals surface area contributed by atoms with E-state index in [9.17, 15) is 4.79 Å². The Labute approximate surface area is 136 Å². The monoisotopic (exact) mass is 314 g/mol. The van der Waals surface area contributed by atoms with E-state index in [1.165, 1.54) is 5.56 Å². The van der Waals surface area contributed by atoms with Crippen molar-refractivity contribution in [1.29, 1.82) is 0 Å². The molecule has 2 N–H and O–H groups in total. The van der Waals surface area contributed by atoms with Crippen LogP contribution in [-0.2, 0) is 29.0 Å². The van der Waals surface area contributed by atoms with Crippen molar-refractivity contribution >= 4 is 5.97 Å². The summed E-state index contributed by atoms with van der Waals surface area (Å²) >= 11 is 0. The van der Waals surface area contributed by atoms with Gasteiger partial charge in [0.15, 0.2) is 0 Å². The molecule has 0 aliphatic heterocycles. The van der Waals surface area contributed by atoms with Crippen molar-refractivity contribution < 1.29 is 14.3 Å². The van der Waals surface area contributed by atoms with E-state index in [1.807, 2.05) is 36.5 Å². The van der Waals surface area contributed by atoms with Crippen LogP contribution in [0.5, 0.6) is 5.75 Å². The molecule has 0 saturated heterocycles. The number of carbonyl (C=O) groups excluding carboxylic acids is 1. The van der Waals surface area contributed by atoms with E-state index in [-0.39, 0.29) is 13.2 Å². The van der Waals surface area contributed by atoms with Gasteiger partial charge in [0.05, 0.1) is 13.2 Å². The van der Waals surface area contributed by atoms with Crippen molar-refractivity contribution in [3.8, 4) is 5.75 Å². The summed E-state index contributed by atoms with van der Waals surface area (Å²) in [6.45, 7) is 2.75. The second-order valence-corrected chi connectivity index (χ2v) is 5.12. The predicted molar refractivity (Wildman–Crippen MR) is 88.1 cm³/mol. The van der Waals surface area contributed by atoms with Crippen LogP contribution in [0.1, 0.15) is 23.7 Å². The van der Waals surface area contributed by atoms with Crippen molar-refractivity contribution in [2.75, 3.05) is 13.2 Å². The van der Waals surface area contributed by atoms with E-state index in [0.29, 0.717) is 6.61 Å². The third-order valence-electron chi connectivity index (χ3n) is 3.39. The van der Waals surface area contributed by atoms with Crippen LogP contribution < -0.4 is 10.5 Å². The van der Waals surface area contributed by atoms with Crippen LogP contribution >= 0.6 is 0 Å². The van der Waals surface area contributed by atoms with Crippen LogP contribution in [0, 0.1) is 0 Å². The lowest BCUT2D eigenvalue weighted by molar-refractivity contribution is -0.143. The highest BCUT2D eigenvalue weighted by Gasteiger charge is 2.02. The molecule has 0 radical (unpaired) electrons. The lowest BCUT2D eigenvalue weighted by Crippen LogP contribution is -2.16. The molecule has 0 spiro atoms. The number of hydrogen-bond acceptors (Lipinski definition) is 5. The first kappa shape index (κ1) is 17.0. The number of carbonyl (C=O) groups is 1. The van der Waals surface area contributed by atoms with Gasteiger partial charge in [-0.1, -0.05) is 25.1 Å². The molecule has 0 unspecified atom stereocenters. The van der Waals surface area contributed by atoms with E-state index < -0.39 is 5.97 Å². The van der Waals surface area contributed by atoms with Crippen LogP contribution in [0.25, 0.3) is 0 Å². The average molecular weight is 314 g/mol. The fourth-order valence-electron chi connectivity index (χ4n) is 2.03. The van der Waals surface area contributed by atoms with Gasteiger partial charge >= 0.3 is 5.97 Å². The van der Waals surface area contributed by atoms with Crippen LogP contribution in [0.2, 0.25) is 0 Å². The molecule has 0 atom stereocenters. The molecule has 5 heteroatoms. The van der Waals surface area contributed by atoms with Crippen LogP contribution in [0.3, 0.4) is 0 Å². The van der Waals surface area contributed by atoms with Gasteiger partial charge < -0.3 is 15.2 Å². The minimum absolute atomic E-state index is 0.111. The number of aryl methyl sites for hydroxylation is 1. The normalized spacial score (nSPS) is 10.3. The Morgan fingerprint density at radius 2 is 2.09 bits per heavy atom. The molecule has 1 aromatic carbocycles. The Kier molecular flexibility index (Phi) is 6.56. The molecule has 0 aliphatic carbocycles. The first-order valence-corrected chi connectivity index (χ1v) is 7.72. The van der Waals surface area contributed by atoms with E-state index in [0.717, 1.165) is 29.8 Å². The number of ether oxygens (including phenoxy) is 2. The predicted octanol–water partition coefficient (Wildman–Crippen LogP) is 2.27. The Balaban J connectivity index is 1.81. The number of rotatable bonds is 8. The highest BCUT2D eigenvalue weighted by molar-refractivity contribution is 5.71. The summed E-state index contributed by atoms with van der Waals surface area (Å²) in [6.07, 6.45) is 3.64. The molecule has 0 fully saturated rings. The Bertz CT molecular complexity index is 626. The molecule has 0 aliphatic rings. The van der Waals surface area contributed by atoms with Crippen LogP contribution in [0.15, 0.2) is 42.6 Å². The highest BCUT2D eigenvalue weighted by Crippen LogP contribution is 2.14. The molecule has 1 aromatic heterocycles. The van der Waals surface area contributed by atoms with Crippen molar-refractivity contribution in [2.24, 2.45) is 5.73 Å². The fraction of sp³-hybridized carbons (Fsp3) is 0.333. The molecular formula is C18H22N2O3. The largest absolute Gasteiger partial charge is 0.493 e. The molecule has 5 nitrogen and oxygen atoms in total. The quantitative estimate of drug-likeness (QED) is 0.757. The number of benzene rings is 1. The van der Waals surface area contributed by atoms with Crippen LogP contribution in [-0.4, -0.2) is 24.1 Å². The summed E-state index contributed by atoms with van der Waals surface area (Å²) in [5, 5.41) is 0. The van der Waals surface area contributed by atoms with Crippen molar-refractivity contribution in [3.63, 3.8) is 0 Å². The molecule has 0 amide bonds. The van der Waals surface area contributed by atoms with Crippen molar-refractivity contribution in [3.05, 3.63) is 59.4 Å². The van der Waals surface area contributed by atoms with Gasteiger partial charge in [-0.05, 0) is 35.7 Å². The highest BCUT2D eigenvalue weighted by atomic mass is 16.5. The smallest absolute Gasteiger partial charge is 0.320 e. The standard InChI is InChI=1S/C18H22N2O3/c1-2-14-6-7-16(20-12-14)8-9-22-17-5-3-4-15(10-17)13-23-18(21)11-19/h3-7,10,12H,2,8-9,11,13,19H2,1H3. The average Bonchev–Trinajstić information content (AvgIpc) is 2.60. The van der Waals surface area contributed by atoms with Gasteiger partial charge in [0, 0.05) is 18.3 Å². The summed E-state index contributed by atoms with van der Waals surface area (Å²) < 4.78 is 10.7. The number of nitrogens with zero attached hydrogens (tertiary/aromatic N) is 1. The first-order chi connectivity index (χ1) is 11.2. The van der Waals surface area contributed by atoms with Crippen molar-refractivity contribution in [2.45, 2.75) is 26.4 Å². The number of nitrogens with two attached hydrogens (primary N) is 1. The first-order valence-electron chi connectivity index (χ1n) is 7.72. The zero-order valence-electron chi connectivity index (χ0n) is 13.3. The van der Waals surface area contributed by atoms with Gasteiger partial charge in [-0.3, -0.25) is 9.78 Å². The van der Waals surface area contributed by atoms with Gasteiger partial charge in [-0.15, -0.1) is 0 Å². The minimum atomic E-state index is -0.419. The molecule has 0 bridgehead atoms. The molecule has 2 aromatic rings. The zero-order valence-corrected chi connectivity index (χ0v) is 13.3. The molecule has 23 heavy (non-hydrogen) atoms. The third-order valence-corrected chi connectivity index (χ3v) is 3.39. The van der Waals surface area contributed by atoms with E-state index in [4.69, 9.17) is 15.2 Å². The summed E-state index contributed by atoms with van der Waals surface area (Å²) in [4.78, 5) is 15.5. The Hall–Kier alpha value is -2.40. The zero-order chi connectivity index (χ0) is 16.5. The Morgan fingerprint density at radius 3 is 2.78 bits per heavy atom. The second-order valence-electron chi connectivity index (χ2n) is 5.12. The van der Waals surface area contributed by atoms with Crippen LogP contribution in [0.4, 0.5) is 0 Å². The maximum atomic E-state index is 11.1. The van der Waals surface area contributed by atoms with Gasteiger partial charge in [0.25, 0.3) is 0 Å². The lowest BCUT2D eigenvalue weighted by atomic mass is 10.2. The summed E-state index contributed by atoms with van der Waals surface area (Å²) in [7, 11) is 0. The number of esters is 1. The van der Waals surface area contributed by atoms with Gasteiger partial charge in [-0.25, -0.2) is 0 Å². The van der Waals surface area contributed by atoms with Gasteiger partial charge in [-0.2, -0.15) is 0 Å². The number of aromatic nitrogens is 1. The number of hydrogen-bond donors (Lipinski definition) is 1. The van der Waals surface area contributed by atoms with Crippen molar-refractivity contribution in [1.82, 2.24) is 4.98 Å². The topological polar surface area (TPSA) is 74.4 Å². The molecule has 122 valence electrons. The molecule has 1 heterocycles. The fourth-order valence-corrected chi connectivity index (χ4v) is 2.03. The lowest BCUT2D eigenvalue weighted by Gasteiger charge is -2.08. The maximum Gasteiger partial charge on any atom is 0.320 e. The van der Waals surface area contributed by atoms with E-state index >= 15 is 0 Å². The Morgan fingerprint density at radius 1 is 1.22 bits per heavy atom. The second kappa shape index (κ2) is 8.90. The summed E-state index contributed by atoms with van der Waals surface area (Å²) in [5.41, 5.74) is 8.31. The molecule has 2 rings (SSSR count). The van der Waals surface area contributed by atoms with E-state index in [2.05, 4.69) is 18.0 Å². The van der Waals surface area contributed by atoms with Gasteiger partial charge in [0.2, 0.25) is 0 Å². The summed E-state index contributed by atoms with van der Waals surface area (Å²) in [5.74, 6) is 0.328. The van der Waals surface area contributed by atoms with Gasteiger partial charge in [0.1, 0.15) is 12.4 Å². The third kappa shape index (κ3) is 5.71. The summed E-state index contributed by atoms with van der Waals surface area (Å²) in [6, 6.07) is 11.6. The maximum absolute atomic E-state index is 11.1. The molecular weight excluding hydrogens is 292 g/mol.